The van der Waals surface area contributed by atoms with Crippen molar-refractivity contribution in [1.29, 1.82) is 0 Å². The third kappa shape index (κ3) is 2.63. The van der Waals surface area contributed by atoms with Crippen molar-refractivity contribution in [2.75, 3.05) is 22.9 Å². The van der Waals surface area contributed by atoms with Crippen LogP contribution in [0.3, 0.4) is 0 Å². The highest BCUT2D eigenvalue weighted by Crippen LogP contribution is 2.24. The van der Waals surface area contributed by atoms with E-state index in [0.717, 1.165) is 5.82 Å². The van der Waals surface area contributed by atoms with E-state index in [1.54, 1.807) is 18.3 Å². The maximum absolute atomic E-state index is 11.3. The number of nitrogens with one attached hydrogen (secondary N) is 1. The average molecular weight is 241 g/mol. The summed E-state index contributed by atoms with van der Waals surface area (Å²) in [6.07, 6.45) is 5.11. The van der Waals surface area contributed by atoms with Gasteiger partial charge < -0.3 is 5.32 Å². The second-order valence-corrected chi connectivity index (χ2v) is 6.06. The first kappa shape index (κ1) is 11.2. The number of nitrogens with zero attached hydrogens (tertiary/aromatic N) is 2. The zero-order valence-corrected chi connectivity index (χ0v) is 10.2. The minimum Gasteiger partial charge on any atom is -0.367 e. The van der Waals surface area contributed by atoms with Gasteiger partial charge in [0.05, 0.1) is 18.1 Å². The van der Waals surface area contributed by atoms with Gasteiger partial charge in [-0.05, 0) is 25.0 Å². The lowest BCUT2D eigenvalue weighted by Gasteiger charge is -2.16. The van der Waals surface area contributed by atoms with Gasteiger partial charge in [-0.2, -0.15) is 0 Å². The predicted molar refractivity (Wildman–Crippen MR) is 64.1 cm³/mol. The summed E-state index contributed by atoms with van der Waals surface area (Å²) in [6.45, 7) is 0. The van der Waals surface area contributed by atoms with Crippen molar-refractivity contribution in [1.82, 2.24) is 4.98 Å². The molecule has 1 heterocycles. The first-order valence-electron chi connectivity index (χ1n) is 5.13. The van der Waals surface area contributed by atoms with E-state index in [4.69, 9.17) is 0 Å². The van der Waals surface area contributed by atoms with E-state index in [9.17, 15) is 8.42 Å². The summed E-state index contributed by atoms with van der Waals surface area (Å²) < 4.78 is 23.8. The Hall–Kier alpha value is -1.30. The fraction of sp³-hybridized carbons (Fsp3) is 0.500. The topological polar surface area (TPSA) is 62.3 Å². The van der Waals surface area contributed by atoms with E-state index in [1.165, 1.54) is 30.5 Å². The van der Waals surface area contributed by atoms with Crippen LogP contribution in [0.1, 0.15) is 12.8 Å². The standard InChI is InChI=1S/C10H15N3O2S/c1-13(16(2,14)15)9-5-6-10(11-7-9)12-8-3-4-8/h5-8H,3-4H2,1-2H3,(H,11,12). The number of hydrogen-bond donors (Lipinski definition) is 1. The van der Waals surface area contributed by atoms with Gasteiger partial charge in [0.15, 0.2) is 0 Å². The van der Waals surface area contributed by atoms with E-state index in [2.05, 4.69) is 10.3 Å². The van der Waals surface area contributed by atoms with Crippen LogP contribution in [-0.4, -0.2) is 32.7 Å². The molecule has 0 bridgehead atoms. The molecule has 5 nitrogen and oxygen atoms in total. The third-order valence-electron chi connectivity index (χ3n) is 2.54. The summed E-state index contributed by atoms with van der Waals surface area (Å²) in [5.74, 6) is 0.799. The zero-order valence-electron chi connectivity index (χ0n) is 9.34. The van der Waals surface area contributed by atoms with Crippen molar-refractivity contribution in [2.45, 2.75) is 18.9 Å². The minimum absolute atomic E-state index is 0.547. The summed E-state index contributed by atoms with van der Waals surface area (Å²) in [6, 6.07) is 4.10. The highest BCUT2D eigenvalue weighted by atomic mass is 32.2. The van der Waals surface area contributed by atoms with Gasteiger partial charge in [0.25, 0.3) is 0 Å². The van der Waals surface area contributed by atoms with Crippen LogP contribution >= 0.6 is 0 Å². The summed E-state index contributed by atoms with van der Waals surface area (Å²) in [7, 11) is -1.69. The lowest BCUT2D eigenvalue weighted by Crippen LogP contribution is -2.24. The van der Waals surface area contributed by atoms with E-state index in [-0.39, 0.29) is 0 Å². The molecule has 16 heavy (non-hydrogen) atoms. The number of aromatic nitrogens is 1. The van der Waals surface area contributed by atoms with Gasteiger partial charge in [0, 0.05) is 13.1 Å². The molecule has 0 aromatic carbocycles. The molecule has 1 fully saturated rings. The molecule has 1 aromatic heterocycles. The first-order chi connectivity index (χ1) is 7.47. The molecule has 2 rings (SSSR count). The third-order valence-corrected chi connectivity index (χ3v) is 3.74. The molecule has 0 atom stereocenters. The lowest BCUT2D eigenvalue weighted by molar-refractivity contribution is 0.600. The van der Waals surface area contributed by atoms with Gasteiger partial charge in [-0.15, -0.1) is 0 Å². The molecular formula is C10H15N3O2S. The van der Waals surface area contributed by atoms with Gasteiger partial charge in [0.1, 0.15) is 5.82 Å². The van der Waals surface area contributed by atoms with Crippen molar-refractivity contribution in [3.63, 3.8) is 0 Å². The Bertz CT molecular complexity index is 465. The molecular weight excluding hydrogens is 226 g/mol. The number of hydrogen-bond acceptors (Lipinski definition) is 4. The average Bonchev–Trinajstić information content (AvgIpc) is 3.00. The number of pyridine rings is 1. The summed E-state index contributed by atoms with van der Waals surface area (Å²) in [4.78, 5) is 4.18. The van der Waals surface area contributed by atoms with Crippen LogP contribution in [0.25, 0.3) is 0 Å². The maximum atomic E-state index is 11.3. The van der Waals surface area contributed by atoms with E-state index in [0.29, 0.717) is 11.7 Å². The predicted octanol–water partition coefficient (Wildman–Crippen LogP) is 1.05. The molecule has 0 radical (unpaired) electrons. The van der Waals surface area contributed by atoms with E-state index < -0.39 is 10.0 Å². The Balaban J connectivity index is 2.11. The molecule has 0 spiro atoms. The summed E-state index contributed by atoms with van der Waals surface area (Å²) in [5, 5.41) is 3.24. The number of rotatable bonds is 4. The Kier molecular flexibility index (Phi) is 2.75. The molecule has 0 saturated heterocycles. The Labute approximate surface area is 95.5 Å². The van der Waals surface area contributed by atoms with Crippen LogP contribution in [0.15, 0.2) is 18.3 Å². The van der Waals surface area contributed by atoms with E-state index in [1.807, 2.05) is 0 Å². The lowest BCUT2D eigenvalue weighted by atomic mass is 10.4. The number of anilines is 2. The van der Waals surface area contributed by atoms with Gasteiger partial charge in [-0.1, -0.05) is 0 Å². The summed E-state index contributed by atoms with van der Waals surface area (Å²) >= 11 is 0. The Morgan fingerprint density at radius 3 is 2.56 bits per heavy atom. The molecule has 0 amide bonds. The van der Waals surface area contributed by atoms with Crippen molar-refractivity contribution >= 4 is 21.5 Å². The van der Waals surface area contributed by atoms with E-state index >= 15 is 0 Å². The van der Waals surface area contributed by atoms with Crippen LogP contribution in [0, 0.1) is 0 Å². The minimum atomic E-state index is -3.21. The quantitative estimate of drug-likeness (QED) is 0.856. The van der Waals surface area contributed by atoms with Crippen LogP contribution in [0.2, 0.25) is 0 Å². The Morgan fingerprint density at radius 1 is 1.44 bits per heavy atom. The maximum Gasteiger partial charge on any atom is 0.232 e. The second kappa shape index (κ2) is 3.93. The monoisotopic (exact) mass is 241 g/mol. The smallest absolute Gasteiger partial charge is 0.232 e. The van der Waals surface area contributed by atoms with Gasteiger partial charge in [-0.3, -0.25) is 4.31 Å². The van der Waals surface area contributed by atoms with Crippen LogP contribution < -0.4 is 9.62 Å². The van der Waals surface area contributed by atoms with Crippen molar-refractivity contribution in [3.8, 4) is 0 Å². The normalized spacial score (nSPS) is 15.9. The second-order valence-electron chi connectivity index (χ2n) is 4.05. The molecule has 1 aliphatic carbocycles. The highest BCUT2D eigenvalue weighted by molar-refractivity contribution is 7.92. The van der Waals surface area contributed by atoms with Crippen molar-refractivity contribution in [3.05, 3.63) is 18.3 Å². The first-order valence-corrected chi connectivity index (χ1v) is 6.98. The molecule has 1 N–H and O–H groups in total. The van der Waals surface area contributed by atoms with Gasteiger partial charge in [-0.25, -0.2) is 13.4 Å². The van der Waals surface area contributed by atoms with Crippen molar-refractivity contribution in [2.24, 2.45) is 0 Å². The van der Waals surface area contributed by atoms with Crippen LogP contribution in [-0.2, 0) is 10.0 Å². The largest absolute Gasteiger partial charge is 0.367 e. The number of sulfonamides is 1. The molecule has 6 heteroatoms. The highest BCUT2D eigenvalue weighted by Gasteiger charge is 2.21. The summed E-state index contributed by atoms with van der Waals surface area (Å²) in [5.41, 5.74) is 0.573. The fourth-order valence-corrected chi connectivity index (χ4v) is 1.78. The molecule has 88 valence electrons. The molecule has 1 aromatic rings. The van der Waals surface area contributed by atoms with Gasteiger partial charge in [0.2, 0.25) is 10.0 Å². The van der Waals surface area contributed by atoms with Crippen LogP contribution in [0.4, 0.5) is 11.5 Å². The van der Waals surface area contributed by atoms with Crippen LogP contribution in [0.5, 0.6) is 0 Å². The van der Waals surface area contributed by atoms with Gasteiger partial charge >= 0.3 is 0 Å². The molecule has 0 aliphatic heterocycles. The Morgan fingerprint density at radius 2 is 2.12 bits per heavy atom. The fourth-order valence-electron chi connectivity index (χ4n) is 1.29. The molecule has 0 unspecified atom stereocenters. The molecule has 1 saturated carbocycles. The zero-order chi connectivity index (χ0) is 11.8. The van der Waals surface area contributed by atoms with Crippen molar-refractivity contribution < 1.29 is 8.42 Å². The molecule has 1 aliphatic rings. The SMILES string of the molecule is CN(c1ccc(NC2CC2)nc1)S(C)(=O)=O.